The van der Waals surface area contributed by atoms with E-state index in [2.05, 4.69) is 15.5 Å². The van der Waals surface area contributed by atoms with Crippen LogP contribution in [0.2, 0.25) is 0 Å². The van der Waals surface area contributed by atoms with Crippen molar-refractivity contribution >= 4 is 29.1 Å². The van der Waals surface area contributed by atoms with Gasteiger partial charge in [-0.1, -0.05) is 36.0 Å². The maximum atomic E-state index is 12.1. The zero-order valence-electron chi connectivity index (χ0n) is 15.5. The van der Waals surface area contributed by atoms with Crippen molar-refractivity contribution in [3.05, 3.63) is 65.5 Å². The summed E-state index contributed by atoms with van der Waals surface area (Å²) in [6, 6.07) is 14.4. The Morgan fingerprint density at radius 3 is 2.64 bits per heavy atom. The Kier molecular flexibility index (Phi) is 6.44. The van der Waals surface area contributed by atoms with Crippen LogP contribution in [0.15, 0.2) is 58.2 Å². The van der Waals surface area contributed by atoms with Crippen molar-refractivity contribution in [2.24, 2.45) is 0 Å². The van der Waals surface area contributed by atoms with Crippen molar-refractivity contribution in [1.29, 1.82) is 0 Å². The molecular formula is C20H19N3O4S. The van der Waals surface area contributed by atoms with E-state index in [1.165, 1.54) is 6.92 Å². The Labute approximate surface area is 166 Å². The molecule has 0 radical (unpaired) electrons. The molecule has 0 aliphatic carbocycles. The number of ketones is 1. The Morgan fingerprint density at radius 1 is 1.14 bits per heavy atom. The van der Waals surface area contributed by atoms with Gasteiger partial charge in [0.2, 0.25) is 11.8 Å². The average Bonchev–Trinajstić information content (AvgIpc) is 3.14. The van der Waals surface area contributed by atoms with Crippen LogP contribution in [0.1, 0.15) is 28.7 Å². The van der Waals surface area contributed by atoms with E-state index in [-0.39, 0.29) is 17.4 Å². The molecule has 1 amide bonds. The molecule has 0 spiro atoms. The smallest absolute Gasteiger partial charge is 0.277 e. The highest BCUT2D eigenvalue weighted by Crippen LogP contribution is 2.20. The van der Waals surface area contributed by atoms with E-state index in [4.69, 9.17) is 9.15 Å². The summed E-state index contributed by atoms with van der Waals surface area (Å²) in [6.07, 6.45) is 0.502. The summed E-state index contributed by atoms with van der Waals surface area (Å²) in [5.74, 6) is 1.10. The Bertz CT molecular complexity index is 970. The van der Waals surface area contributed by atoms with Gasteiger partial charge >= 0.3 is 0 Å². The number of ether oxygens (including phenoxy) is 1. The quantitative estimate of drug-likeness (QED) is 0.458. The minimum absolute atomic E-state index is 0.0549. The molecule has 2 aromatic carbocycles. The third-order valence-electron chi connectivity index (χ3n) is 3.84. The first-order valence-electron chi connectivity index (χ1n) is 8.52. The van der Waals surface area contributed by atoms with Crippen molar-refractivity contribution in [3.63, 3.8) is 0 Å². The fraction of sp³-hybridized carbons (Fsp3) is 0.200. The van der Waals surface area contributed by atoms with E-state index in [0.29, 0.717) is 28.8 Å². The average molecular weight is 397 g/mol. The van der Waals surface area contributed by atoms with Crippen LogP contribution in [0.3, 0.4) is 0 Å². The van der Waals surface area contributed by atoms with Gasteiger partial charge in [-0.3, -0.25) is 9.59 Å². The molecule has 0 unspecified atom stereocenters. The van der Waals surface area contributed by atoms with Crippen LogP contribution in [0.25, 0.3) is 0 Å². The van der Waals surface area contributed by atoms with E-state index in [9.17, 15) is 9.59 Å². The van der Waals surface area contributed by atoms with Crippen LogP contribution < -0.4 is 10.1 Å². The van der Waals surface area contributed by atoms with Crippen LogP contribution in [0.5, 0.6) is 5.75 Å². The summed E-state index contributed by atoms with van der Waals surface area (Å²) >= 11 is 1.16. The number of nitrogens with zero attached hydrogens (tertiary/aromatic N) is 2. The first kappa shape index (κ1) is 19.6. The number of carbonyl (C=O) groups excluding carboxylic acids is 2. The zero-order chi connectivity index (χ0) is 19.9. The highest BCUT2D eigenvalue weighted by Gasteiger charge is 2.11. The topological polar surface area (TPSA) is 94.3 Å². The minimum atomic E-state index is -0.222. The second-order valence-corrected chi connectivity index (χ2v) is 6.89. The summed E-state index contributed by atoms with van der Waals surface area (Å²) in [6.45, 7) is 1.48. The summed E-state index contributed by atoms with van der Waals surface area (Å²) in [4.78, 5) is 23.5. The monoisotopic (exact) mass is 397 g/mol. The SMILES string of the molecule is COc1ccc(Cc2nnc(SCC(=O)Nc3cccc(C(C)=O)c3)o2)cc1. The van der Waals surface area contributed by atoms with Gasteiger partial charge in [-0.25, -0.2) is 0 Å². The molecule has 0 bridgehead atoms. The molecule has 1 aromatic heterocycles. The predicted octanol–water partition coefficient (Wildman–Crippen LogP) is 3.60. The Morgan fingerprint density at radius 2 is 1.93 bits per heavy atom. The van der Waals surface area contributed by atoms with E-state index in [0.717, 1.165) is 23.1 Å². The number of benzene rings is 2. The summed E-state index contributed by atoms with van der Waals surface area (Å²) in [7, 11) is 1.62. The summed E-state index contributed by atoms with van der Waals surface area (Å²) in [5, 5.41) is 11.0. The van der Waals surface area contributed by atoms with Crippen molar-refractivity contribution in [2.75, 3.05) is 18.2 Å². The number of Topliss-reactive ketones (excluding diaryl/α,β-unsaturated/α-hetero) is 1. The minimum Gasteiger partial charge on any atom is -0.497 e. The lowest BCUT2D eigenvalue weighted by molar-refractivity contribution is -0.113. The fourth-order valence-corrected chi connectivity index (χ4v) is 3.01. The largest absolute Gasteiger partial charge is 0.497 e. The van der Waals surface area contributed by atoms with E-state index >= 15 is 0 Å². The number of nitrogens with one attached hydrogen (secondary N) is 1. The molecule has 144 valence electrons. The normalized spacial score (nSPS) is 10.5. The third-order valence-corrected chi connectivity index (χ3v) is 4.66. The predicted molar refractivity (Wildman–Crippen MR) is 106 cm³/mol. The number of aromatic nitrogens is 2. The molecule has 28 heavy (non-hydrogen) atoms. The van der Waals surface area contributed by atoms with Crippen LogP contribution >= 0.6 is 11.8 Å². The zero-order valence-corrected chi connectivity index (χ0v) is 16.3. The van der Waals surface area contributed by atoms with Gasteiger partial charge in [0.05, 0.1) is 19.3 Å². The molecule has 7 nitrogen and oxygen atoms in total. The second kappa shape index (κ2) is 9.18. The van der Waals surface area contributed by atoms with Crippen LogP contribution in [-0.4, -0.2) is 34.8 Å². The van der Waals surface area contributed by atoms with Gasteiger partial charge in [0.25, 0.3) is 5.22 Å². The molecule has 1 N–H and O–H groups in total. The molecular weight excluding hydrogens is 378 g/mol. The first-order chi connectivity index (χ1) is 13.5. The number of amides is 1. The molecule has 0 saturated heterocycles. The summed E-state index contributed by atoms with van der Waals surface area (Å²) < 4.78 is 10.7. The van der Waals surface area contributed by atoms with Gasteiger partial charge in [-0.15, -0.1) is 10.2 Å². The number of anilines is 1. The number of carbonyl (C=O) groups is 2. The fourth-order valence-electron chi connectivity index (χ4n) is 2.43. The standard InChI is InChI=1S/C20H19N3O4S/c1-13(24)15-4-3-5-16(11-15)21-18(25)12-28-20-23-22-19(27-20)10-14-6-8-17(26-2)9-7-14/h3-9,11H,10,12H2,1-2H3,(H,21,25). The van der Waals surface area contributed by atoms with Gasteiger partial charge in [0.1, 0.15) is 5.75 Å². The molecule has 3 rings (SSSR count). The molecule has 8 heteroatoms. The number of thioether (sulfide) groups is 1. The number of methoxy groups -OCH3 is 1. The van der Waals surface area contributed by atoms with Crippen LogP contribution in [-0.2, 0) is 11.2 Å². The van der Waals surface area contributed by atoms with Gasteiger partial charge in [-0.05, 0) is 36.8 Å². The lowest BCUT2D eigenvalue weighted by Crippen LogP contribution is -2.14. The van der Waals surface area contributed by atoms with Crippen molar-refractivity contribution in [3.8, 4) is 5.75 Å². The molecule has 0 fully saturated rings. The van der Waals surface area contributed by atoms with Crippen molar-refractivity contribution < 1.29 is 18.7 Å². The highest BCUT2D eigenvalue weighted by molar-refractivity contribution is 7.99. The highest BCUT2D eigenvalue weighted by atomic mass is 32.2. The number of hydrogen-bond acceptors (Lipinski definition) is 7. The first-order valence-corrected chi connectivity index (χ1v) is 9.51. The summed E-state index contributed by atoms with van der Waals surface area (Å²) in [5.41, 5.74) is 2.14. The second-order valence-electron chi connectivity index (χ2n) is 5.96. The molecule has 0 aliphatic heterocycles. The van der Waals surface area contributed by atoms with E-state index < -0.39 is 0 Å². The van der Waals surface area contributed by atoms with Crippen molar-refractivity contribution in [1.82, 2.24) is 10.2 Å². The number of hydrogen-bond donors (Lipinski definition) is 1. The Balaban J connectivity index is 1.51. The van der Waals surface area contributed by atoms with Crippen LogP contribution in [0.4, 0.5) is 5.69 Å². The lowest BCUT2D eigenvalue weighted by atomic mass is 10.1. The van der Waals surface area contributed by atoms with Crippen LogP contribution in [0, 0.1) is 0 Å². The molecule has 0 atom stereocenters. The number of rotatable bonds is 8. The lowest BCUT2D eigenvalue weighted by Gasteiger charge is -2.05. The van der Waals surface area contributed by atoms with Gasteiger partial charge < -0.3 is 14.5 Å². The van der Waals surface area contributed by atoms with E-state index in [1.807, 2.05) is 24.3 Å². The maximum absolute atomic E-state index is 12.1. The molecule has 3 aromatic rings. The van der Waals surface area contributed by atoms with Gasteiger partial charge in [0, 0.05) is 11.3 Å². The molecule has 0 saturated carbocycles. The maximum Gasteiger partial charge on any atom is 0.277 e. The van der Waals surface area contributed by atoms with Crippen molar-refractivity contribution in [2.45, 2.75) is 18.6 Å². The third kappa shape index (κ3) is 5.43. The molecule has 1 heterocycles. The Hall–Kier alpha value is -3.13. The van der Waals surface area contributed by atoms with Gasteiger partial charge in [0.15, 0.2) is 5.78 Å². The van der Waals surface area contributed by atoms with E-state index in [1.54, 1.807) is 31.4 Å². The molecule has 0 aliphatic rings. The van der Waals surface area contributed by atoms with Gasteiger partial charge in [-0.2, -0.15) is 0 Å².